The molecule has 0 fully saturated rings. The summed E-state index contributed by atoms with van der Waals surface area (Å²) in [7, 11) is 1.78. The van der Waals surface area contributed by atoms with E-state index in [2.05, 4.69) is 53.6 Å². The Labute approximate surface area is 150 Å². The van der Waals surface area contributed by atoms with Crippen molar-refractivity contribution in [3.05, 3.63) is 48.3 Å². The van der Waals surface area contributed by atoms with E-state index >= 15 is 0 Å². The average molecular weight is 343 g/mol. The van der Waals surface area contributed by atoms with Gasteiger partial charge in [0.25, 0.3) is 0 Å². The number of ether oxygens (including phenoxy) is 1. The second-order valence-corrected chi connectivity index (χ2v) is 6.41. The molecular weight excluding hydrogens is 314 g/mol. The Kier molecular flexibility index (Phi) is 7.32. The zero-order chi connectivity index (χ0) is 18.1. The van der Waals surface area contributed by atoms with Crippen LogP contribution in [0.3, 0.4) is 0 Å². The predicted octanol–water partition coefficient (Wildman–Crippen LogP) is 2.84. The highest BCUT2D eigenvalue weighted by Gasteiger charge is 2.08. The first-order chi connectivity index (χ1) is 12.1. The minimum atomic E-state index is 0.148. The van der Waals surface area contributed by atoms with E-state index in [-0.39, 0.29) is 6.04 Å². The van der Waals surface area contributed by atoms with Gasteiger partial charge >= 0.3 is 0 Å². The molecule has 1 unspecified atom stereocenters. The number of aliphatic imine (C=N–C) groups is 1. The van der Waals surface area contributed by atoms with Crippen LogP contribution in [0.2, 0.25) is 0 Å². The molecule has 2 N–H and O–H groups in total. The first-order valence-corrected chi connectivity index (χ1v) is 8.76. The largest absolute Gasteiger partial charge is 0.493 e. The lowest BCUT2D eigenvalue weighted by molar-refractivity contribution is 0.271. The summed E-state index contributed by atoms with van der Waals surface area (Å²) in [5.74, 6) is 2.21. The molecule has 0 aliphatic heterocycles. The van der Waals surface area contributed by atoms with E-state index in [1.807, 2.05) is 29.1 Å². The van der Waals surface area contributed by atoms with Gasteiger partial charge in [-0.15, -0.1) is 0 Å². The molecule has 0 aliphatic carbocycles. The molecule has 6 heteroatoms. The number of guanidine groups is 1. The zero-order valence-electron chi connectivity index (χ0n) is 15.6. The minimum Gasteiger partial charge on any atom is -0.493 e. The van der Waals surface area contributed by atoms with Gasteiger partial charge in [-0.05, 0) is 36.6 Å². The summed E-state index contributed by atoms with van der Waals surface area (Å²) in [5.41, 5.74) is 1.19. The second-order valence-electron chi connectivity index (χ2n) is 6.41. The lowest BCUT2D eigenvalue weighted by atomic mass is 10.1. The van der Waals surface area contributed by atoms with Crippen molar-refractivity contribution in [3.63, 3.8) is 0 Å². The molecule has 0 radical (unpaired) electrons. The van der Waals surface area contributed by atoms with Crippen LogP contribution in [0.4, 0.5) is 0 Å². The van der Waals surface area contributed by atoms with Crippen molar-refractivity contribution in [1.29, 1.82) is 0 Å². The van der Waals surface area contributed by atoms with Gasteiger partial charge < -0.3 is 15.4 Å². The van der Waals surface area contributed by atoms with Crippen LogP contribution in [0, 0.1) is 5.92 Å². The Morgan fingerprint density at radius 2 is 2.00 bits per heavy atom. The zero-order valence-corrected chi connectivity index (χ0v) is 15.6. The van der Waals surface area contributed by atoms with Crippen LogP contribution in [0.5, 0.6) is 5.75 Å². The van der Waals surface area contributed by atoms with Crippen molar-refractivity contribution in [2.45, 2.75) is 33.4 Å². The van der Waals surface area contributed by atoms with Crippen LogP contribution < -0.4 is 15.4 Å². The van der Waals surface area contributed by atoms with Crippen LogP contribution in [-0.2, 0) is 6.54 Å². The molecule has 0 amide bonds. The van der Waals surface area contributed by atoms with E-state index in [1.54, 1.807) is 13.2 Å². The highest BCUT2D eigenvalue weighted by molar-refractivity contribution is 5.80. The third-order valence-electron chi connectivity index (χ3n) is 3.73. The average Bonchev–Trinajstić information content (AvgIpc) is 3.12. The standard InChI is InChI=1S/C19H29N5O/c1-15(2)14-25-18-8-6-17(7-9-18)16(3)23-19(20-4)21-11-13-24-12-5-10-22-24/h5-10,12,15-16H,11,13-14H2,1-4H3,(H2,20,21,23). The van der Waals surface area contributed by atoms with Gasteiger partial charge in [-0.2, -0.15) is 5.10 Å². The number of rotatable bonds is 8. The molecule has 0 saturated heterocycles. The number of aromatic nitrogens is 2. The first kappa shape index (κ1) is 18.8. The van der Waals surface area contributed by atoms with Crippen molar-refractivity contribution in [1.82, 2.24) is 20.4 Å². The quantitative estimate of drug-likeness (QED) is 0.571. The minimum absolute atomic E-state index is 0.148. The third kappa shape index (κ3) is 6.49. The van der Waals surface area contributed by atoms with Gasteiger partial charge in [-0.3, -0.25) is 9.67 Å². The summed E-state index contributed by atoms with van der Waals surface area (Å²) < 4.78 is 7.62. The smallest absolute Gasteiger partial charge is 0.191 e. The highest BCUT2D eigenvalue weighted by atomic mass is 16.5. The van der Waals surface area contributed by atoms with Crippen LogP contribution in [0.1, 0.15) is 32.4 Å². The normalized spacial score (nSPS) is 12.9. The Bertz CT molecular complexity index is 634. The molecule has 25 heavy (non-hydrogen) atoms. The molecule has 136 valence electrons. The summed E-state index contributed by atoms with van der Waals surface area (Å²) in [6.07, 6.45) is 3.73. The van der Waals surface area contributed by atoms with Crippen molar-refractivity contribution in [2.24, 2.45) is 10.9 Å². The number of benzene rings is 1. The topological polar surface area (TPSA) is 63.5 Å². The lowest BCUT2D eigenvalue weighted by Crippen LogP contribution is -2.40. The van der Waals surface area contributed by atoms with Crippen molar-refractivity contribution >= 4 is 5.96 Å². The first-order valence-electron chi connectivity index (χ1n) is 8.76. The number of hydrogen-bond donors (Lipinski definition) is 2. The molecule has 0 bridgehead atoms. The second kappa shape index (κ2) is 9.71. The molecule has 1 aromatic carbocycles. The van der Waals surface area contributed by atoms with Crippen molar-refractivity contribution in [2.75, 3.05) is 20.2 Å². The van der Waals surface area contributed by atoms with Crippen LogP contribution in [0.25, 0.3) is 0 Å². The fourth-order valence-electron chi connectivity index (χ4n) is 2.32. The van der Waals surface area contributed by atoms with E-state index in [4.69, 9.17) is 4.74 Å². The van der Waals surface area contributed by atoms with Gasteiger partial charge in [0, 0.05) is 26.0 Å². The number of nitrogens with one attached hydrogen (secondary N) is 2. The lowest BCUT2D eigenvalue weighted by Gasteiger charge is -2.19. The fraction of sp³-hybridized carbons (Fsp3) is 0.474. The van der Waals surface area contributed by atoms with Crippen LogP contribution in [-0.4, -0.2) is 35.9 Å². The molecule has 1 atom stereocenters. The van der Waals surface area contributed by atoms with E-state index in [0.717, 1.165) is 31.4 Å². The molecule has 2 rings (SSSR count). The Morgan fingerprint density at radius 1 is 1.24 bits per heavy atom. The van der Waals surface area contributed by atoms with E-state index in [1.165, 1.54) is 5.56 Å². The SMILES string of the molecule is CN=C(NCCn1cccn1)NC(C)c1ccc(OCC(C)C)cc1. The van der Waals surface area contributed by atoms with Gasteiger partial charge in [0.15, 0.2) is 5.96 Å². The maximum absolute atomic E-state index is 5.73. The number of hydrogen-bond acceptors (Lipinski definition) is 3. The summed E-state index contributed by atoms with van der Waals surface area (Å²) >= 11 is 0. The van der Waals surface area contributed by atoms with E-state index in [9.17, 15) is 0 Å². The maximum Gasteiger partial charge on any atom is 0.191 e. The molecular formula is C19H29N5O. The monoisotopic (exact) mass is 343 g/mol. The molecule has 0 saturated carbocycles. The van der Waals surface area contributed by atoms with Gasteiger partial charge in [-0.1, -0.05) is 26.0 Å². The number of nitrogens with zero attached hydrogens (tertiary/aromatic N) is 3. The molecule has 1 aromatic heterocycles. The summed E-state index contributed by atoms with van der Waals surface area (Å²) in [4.78, 5) is 4.28. The molecule has 0 aliphatic rings. The van der Waals surface area contributed by atoms with Crippen LogP contribution >= 0.6 is 0 Å². The van der Waals surface area contributed by atoms with Crippen molar-refractivity contribution in [3.8, 4) is 5.75 Å². The Morgan fingerprint density at radius 3 is 2.60 bits per heavy atom. The highest BCUT2D eigenvalue weighted by Crippen LogP contribution is 2.18. The van der Waals surface area contributed by atoms with Gasteiger partial charge in [0.05, 0.1) is 19.2 Å². The summed E-state index contributed by atoms with van der Waals surface area (Å²) in [6, 6.07) is 10.3. The third-order valence-corrected chi connectivity index (χ3v) is 3.73. The molecule has 0 spiro atoms. The predicted molar refractivity (Wildman–Crippen MR) is 102 cm³/mol. The molecule has 6 nitrogen and oxygen atoms in total. The molecule has 2 aromatic rings. The van der Waals surface area contributed by atoms with E-state index in [0.29, 0.717) is 5.92 Å². The van der Waals surface area contributed by atoms with Gasteiger partial charge in [-0.25, -0.2) is 0 Å². The van der Waals surface area contributed by atoms with E-state index < -0.39 is 0 Å². The van der Waals surface area contributed by atoms with Crippen molar-refractivity contribution < 1.29 is 4.74 Å². The summed E-state index contributed by atoms with van der Waals surface area (Å²) in [6.45, 7) is 8.70. The summed E-state index contributed by atoms with van der Waals surface area (Å²) in [5, 5.41) is 10.9. The Hall–Kier alpha value is -2.50. The van der Waals surface area contributed by atoms with Crippen LogP contribution in [0.15, 0.2) is 47.7 Å². The fourth-order valence-corrected chi connectivity index (χ4v) is 2.32. The van der Waals surface area contributed by atoms with Gasteiger partial charge in [0.1, 0.15) is 5.75 Å². The van der Waals surface area contributed by atoms with Gasteiger partial charge in [0.2, 0.25) is 0 Å². The molecule has 1 heterocycles. The Balaban J connectivity index is 1.81. The maximum atomic E-state index is 5.73.